The lowest BCUT2D eigenvalue weighted by atomic mass is 9.89. The Bertz CT molecular complexity index is 1300. The van der Waals surface area contributed by atoms with Crippen molar-refractivity contribution in [2.24, 2.45) is 11.8 Å². The van der Waals surface area contributed by atoms with Crippen LogP contribution in [0.25, 0.3) is 16.6 Å². The fourth-order valence-electron chi connectivity index (χ4n) is 5.55. The van der Waals surface area contributed by atoms with Crippen molar-refractivity contribution in [3.05, 3.63) is 83.6 Å². The first-order valence-electron chi connectivity index (χ1n) is 13.5. The highest BCUT2D eigenvalue weighted by molar-refractivity contribution is 5.92. The van der Waals surface area contributed by atoms with Crippen molar-refractivity contribution in [1.29, 1.82) is 0 Å². The predicted molar refractivity (Wildman–Crippen MR) is 151 cm³/mol. The number of hydrogen-bond donors (Lipinski definition) is 1. The van der Waals surface area contributed by atoms with Gasteiger partial charge in [-0.15, -0.1) is 0 Å². The van der Waals surface area contributed by atoms with Gasteiger partial charge in [0.15, 0.2) is 0 Å². The fourth-order valence-corrected chi connectivity index (χ4v) is 5.55. The number of para-hydroxylation sites is 1. The summed E-state index contributed by atoms with van der Waals surface area (Å²) in [5, 5.41) is 4.42. The molecule has 36 heavy (non-hydrogen) atoms. The Morgan fingerprint density at radius 1 is 1.06 bits per heavy atom. The molecule has 0 bridgehead atoms. The minimum Gasteiger partial charge on any atom is -0.326 e. The summed E-state index contributed by atoms with van der Waals surface area (Å²) in [5.41, 5.74) is 7.84. The van der Waals surface area contributed by atoms with Crippen LogP contribution in [0.3, 0.4) is 0 Å². The molecule has 0 saturated carbocycles. The second kappa shape index (κ2) is 10.5. The third-order valence-electron chi connectivity index (χ3n) is 8.07. The average molecular weight is 482 g/mol. The summed E-state index contributed by atoms with van der Waals surface area (Å²) in [7, 11) is 0. The highest BCUT2D eigenvalue weighted by atomic mass is 16.1. The van der Waals surface area contributed by atoms with Crippen LogP contribution in [-0.2, 0) is 11.3 Å². The van der Waals surface area contributed by atoms with Crippen molar-refractivity contribution in [3.63, 3.8) is 0 Å². The molecule has 4 nitrogen and oxygen atoms in total. The van der Waals surface area contributed by atoms with Crippen LogP contribution in [0.2, 0.25) is 0 Å². The molecule has 1 amide bonds. The van der Waals surface area contributed by atoms with E-state index in [0.717, 1.165) is 44.6 Å². The zero-order chi connectivity index (χ0) is 25.2. The number of amides is 1. The number of nitrogens with zero attached hydrogens (tertiary/aromatic N) is 2. The normalized spacial score (nSPS) is 19.4. The van der Waals surface area contributed by atoms with Crippen LogP contribution in [0.4, 0.5) is 5.69 Å². The molecule has 1 aliphatic carbocycles. The van der Waals surface area contributed by atoms with Gasteiger partial charge < -0.3 is 9.88 Å². The largest absolute Gasteiger partial charge is 0.326 e. The SMILES string of the molecule is CC1=CC=C(n2cc(CN3CCC(c4cccc(NC(=O)C(C)C)c4)CC3)c3ccccc32)CC1C. The summed E-state index contributed by atoms with van der Waals surface area (Å²) < 4.78 is 2.42. The molecule has 3 aromatic rings. The first-order valence-corrected chi connectivity index (χ1v) is 13.5. The zero-order valence-corrected chi connectivity index (χ0v) is 22.1. The number of hydrogen-bond acceptors (Lipinski definition) is 2. The molecule has 2 aliphatic rings. The summed E-state index contributed by atoms with van der Waals surface area (Å²) >= 11 is 0. The van der Waals surface area contributed by atoms with E-state index >= 15 is 0 Å². The Balaban J connectivity index is 1.28. The van der Waals surface area contributed by atoms with E-state index in [1.165, 1.54) is 33.3 Å². The van der Waals surface area contributed by atoms with E-state index in [1.54, 1.807) is 0 Å². The van der Waals surface area contributed by atoms with Gasteiger partial charge in [0.2, 0.25) is 5.91 Å². The van der Waals surface area contributed by atoms with Gasteiger partial charge in [0, 0.05) is 35.4 Å². The Hall–Kier alpha value is -3.11. The van der Waals surface area contributed by atoms with Gasteiger partial charge >= 0.3 is 0 Å². The number of piperidine rings is 1. The standard InChI is InChI=1S/C32H39N3O/c1-22(2)32(36)33-28-9-7-8-26(19-28)25-14-16-34(17-15-25)20-27-21-35(31-11-6-5-10-30(27)31)29-13-12-23(3)24(4)18-29/h5-13,19,21-22,24-25H,14-18,20H2,1-4H3,(H,33,36). The lowest BCUT2D eigenvalue weighted by Crippen LogP contribution is -2.32. The highest BCUT2D eigenvalue weighted by Crippen LogP contribution is 2.34. The quantitative estimate of drug-likeness (QED) is 0.397. The molecule has 1 atom stereocenters. The molecular formula is C32H39N3O. The number of rotatable bonds is 6. The molecule has 1 aliphatic heterocycles. The number of fused-ring (bicyclic) bond motifs is 1. The summed E-state index contributed by atoms with van der Waals surface area (Å²) in [6.45, 7) is 11.6. The van der Waals surface area contributed by atoms with Crippen molar-refractivity contribution < 1.29 is 4.79 Å². The summed E-state index contributed by atoms with van der Waals surface area (Å²) in [4.78, 5) is 14.7. The van der Waals surface area contributed by atoms with Crippen LogP contribution in [0.5, 0.6) is 0 Å². The first-order chi connectivity index (χ1) is 17.4. The molecule has 1 N–H and O–H groups in total. The number of aromatic nitrogens is 1. The van der Waals surface area contributed by atoms with Crippen LogP contribution in [0, 0.1) is 11.8 Å². The van der Waals surface area contributed by atoms with Gasteiger partial charge in [-0.1, -0.05) is 62.8 Å². The topological polar surface area (TPSA) is 37.3 Å². The number of benzene rings is 2. The van der Waals surface area contributed by atoms with Gasteiger partial charge in [-0.25, -0.2) is 0 Å². The molecule has 188 valence electrons. The minimum absolute atomic E-state index is 0.0128. The van der Waals surface area contributed by atoms with E-state index < -0.39 is 0 Å². The van der Waals surface area contributed by atoms with Crippen LogP contribution >= 0.6 is 0 Å². The molecule has 2 aromatic carbocycles. The van der Waals surface area contributed by atoms with Crippen LogP contribution in [0.1, 0.15) is 64.0 Å². The van der Waals surface area contributed by atoms with Gasteiger partial charge in [-0.3, -0.25) is 9.69 Å². The third kappa shape index (κ3) is 5.19. The lowest BCUT2D eigenvalue weighted by Gasteiger charge is -2.32. The maximum Gasteiger partial charge on any atom is 0.226 e. The molecule has 1 saturated heterocycles. The minimum atomic E-state index is -0.0128. The molecule has 4 heteroatoms. The van der Waals surface area contributed by atoms with Gasteiger partial charge in [0.1, 0.15) is 0 Å². The lowest BCUT2D eigenvalue weighted by molar-refractivity contribution is -0.118. The van der Waals surface area contributed by atoms with Crippen LogP contribution in [0.15, 0.2) is 72.5 Å². The third-order valence-corrected chi connectivity index (χ3v) is 8.07. The zero-order valence-electron chi connectivity index (χ0n) is 22.1. The Morgan fingerprint density at radius 3 is 2.58 bits per heavy atom. The number of anilines is 1. The van der Waals surface area contributed by atoms with Gasteiger partial charge in [-0.05, 0) is 86.5 Å². The maximum atomic E-state index is 12.1. The van der Waals surface area contributed by atoms with Gasteiger partial charge in [0.05, 0.1) is 5.52 Å². The Labute approximate surface area is 215 Å². The van der Waals surface area contributed by atoms with Crippen molar-refractivity contribution in [2.75, 3.05) is 18.4 Å². The summed E-state index contributed by atoms with van der Waals surface area (Å²) in [6.07, 6.45) is 10.3. The first kappa shape index (κ1) is 24.6. The Kier molecular flexibility index (Phi) is 7.15. The van der Waals surface area contributed by atoms with E-state index in [0.29, 0.717) is 11.8 Å². The van der Waals surface area contributed by atoms with Crippen molar-refractivity contribution in [2.45, 2.75) is 59.4 Å². The maximum absolute atomic E-state index is 12.1. The number of carbonyl (C=O) groups is 1. The Morgan fingerprint density at radius 2 is 1.83 bits per heavy atom. The molecule has 5 rings (SSSR count). The summed E-state index contributed by atoms with van der Waals surface area (Å²) in [6, 6.07) is 17.3. The molecule has 1 aromatic heterocycles. The monoisotopic (exact) mass is 481 g/mol. The van der Waals surface area contributed by atoms with Gasteiger partial charge in [-0.2, -0.15) is 0 Å². The molecule has 0 radical (unpaired) electrons. The second-order valence-corrected chi connectivity index (χ2v) is 11.0. The van der Waals surface area contributed by atoms with Gasteiger partial charge in [0.25, 0.3) is 0 Å². The van der Waals surface area contributed by atoms with Crippen molar-refractivity contribution in [1.82, 2.24) is 9.47 Å². The number of nitrogens with one attached hydrogen (secondary N) is 1. The smallest absolute Gasteiger partial charge is 0.226 e. The van der Waals surface area contributed by atoms with E-state index in [4.69, 9.17) is 0 Å². The predicted octanol–water partition coefficient (Wildman–Crippen LogP) is 7.44. The second-order valence-electron chi connectivity index (χ2n) is 11.0. The molecular weight excluding hydrogens is 442 g/mol. The number of allylic oxidation sites excluding steroid dienone is 4. The van der Waals surface area contributed by atoms with Crippen LogP contribution < -0.4 is 5.32 Å². The average Bonchev–Trinajstić information content (AvgIpc) is 3.24. The fraction of sp³-hybridized carbons (Fsp3) is 0.406. The van der Waals surface area contributed by atoms with Crippen LogP contribution in [-0.4, -0.2) is 28.5 Å². The molecule has 2 heterocycles. The van der Waals surface area contributed by atoms with E-state index in [9.17, 15) is 4.79 Å². The molecule has 1 fully saturated rings. The van der Waals surface area contributed by atoms with Crippen molar-refractivity contribution in [3.8, 4) is 0 Å². The highest BCUT2D eigenvalue weighted by Gasteiger charge is 2.23. The summed E-state index contributed by atoms with van der Waals surface area (Å²) in [5.74, 6) is 1.19. The van der Waals surface area contributed by atoms with Crippen molar-refractivity contribution >= 4 is 28.2 Å². The molecule has 0 spiro atoms. The molecule has 1 unspecified atom stereocenters. The van der Waals surface area contributed by atoms with E-state index in [-0.39, 0.29) is 11.8 Å². The van der Waals surface area contributed by atoms with E-state index in [2.05, 4.69) is 89.4 Å². The van der Waals surface area contributed by atoms with E-state index in [1.807, 2.05) is 19.9 Å². The number of likely N-dealkylation sites (tertiary alicyclic amines) is 1. The number of carbonyl (C=O) groups excluding carboxylic acids is 1.